The van der Waals surface area contributed by atoms with Gasteiger partial charge in [-0.1, -0.05) is 18.2 Å². The molecule has 1 aromatic carbocycles. The van der Waals surface area contributed by atoms with E-state index >= 15 is 4.39 Å². The molecule has 1 aromatic rings. The molecule has 4 fully saturated rings. The number of nitrogens with zero attached hydrogens (tertiary/aromatic N) is 4. The Kier molecular flexibility index (Phi) is 5.09. The summed E-state index contributed by atoms with van der Waals surface area (Å²) >= 11 is 0. The first-order valence-electron chi connectivity index (χ1n) is 11.3. The predicted octanol–water partition coefficient (Wildman–Crippen LogP) is 2.31. The van der Waals surface area contributed by atoms with Crippen LogP contribution in [-0.2, 0) is 0 Å². The van der Waals surface area contributed by atoms with Gasteiger partial charge in [0.25, 0.3) is 0 Å². The summed E-state index contributed by atoms with van der Waals surface area (Å²) in [5, 5.41) is 11.5. The van der Waals surface area contributed by atoms with Crippen LogP contribution in [-0.4, -0.2) is 86.0 Å². The van der Waals surface area contributed by atoms with Gasteiger partial charge in [-0.25, -0.2) is 0 Å². The molecule has 4 aliphatic rings. The van der Waals surface area contributed by atoms with Crippen molar-refractivity contribution in [2.24, 2.45) is 5.41 Å². The Balaban J connectivity index is 1.18. The molecule has 2 aliphatic carbocycles. The number of hydrogen-bond donors (Lipinski definition) is 2. The Labute approximate surface area is 178 Å². The third-order valence-electron chi connectivity index (χ3n) is 7.48. The normalized spacial score (nSPS) is 26.5. The second kappa shape index (κ2) is 7.76. The van der Waals surface area contributed by atoms with Crippen LogP contribution in [0.25, 0.3) is 0 Å². The zero-order chi connectivity index (χ0) is 20.7. The number of hydrogen-bond acceptors (Lipinski definition) is 5. The van der Waals surface area contributed by atoms with Crippen molar-refractivity contribution in [3.05, 3.63) is 42.0 Å². The molecule has 162 valence electrons. The molecule has 0 aromatic heterocycles. The molecule has 2 N–H and O–H groups in total. The molecule has 5 rings (SSSR count). The Morgan fingerprint density at radius 3 is 2.17 bits per heavy atom. The van der Waals surface area contributed by atoms with Gasteiger partial charge >= 0.3 is 0 Å². The van der Waals surface area contributed by atoms with Crippen LogP contribution in [0, 0.1) is 10.8 Å². The lowest BCUT2D eigenvalue weighted by molar-refractivity contribution is 0.138. The quantitative estimate of drug-likeness (QED) is 0.574. The lowest BCUT2D eigenvalue weighted by atomic mass is 10.2. The number of nitrogens with one attached hydrogen (secondary N) is 2. The third-order valence-corrected chi connectivity index (χ3v) is 7.48. The van der Waals surface area contributed by atoms with Crippen LogP contribution in [0.5, 0.6) is 0 Å². The number of halogens is 1. The Morgan fingerprint density at radius 2 is 1.60 bits per heavy atom. The SMILES string of the molecule is CN/C(=C(/F)C(=N)N1CCN(c2ccccc2)CC1)N1CCN(C2CC23CC3)CC1. The zero-order valence-electron chi connectivity index (χ0n) is 17.9. The molecular weight excluding hydrogens is 379 g/mol. The molecule has 30 heavy (non-hydrogen) atoms. The van der Waals surface area contributed by atoms with Crippen molar-refractivity contribution in [3.63, 3.8) is 0 Å². The largest absolute Gasteiger partial charge is 0.372 e. The molecule has 6 nitrogen and oxygen atoms in total. The Hall–Kier alpha value is -2.28. The predicted molar refractivity (Wildman–Crippen MR) is 118 cm³/mol. The minimum Gasteiger partial charge on any atom is -0.372 e. The molecule has 1 unspecified atom stereocenters. The summed E-state index contributed by atoms with van der Waals surface area (Å²) in [5.74, 6) is 0.0554. The molecule has 2 heterocycles. The van der Waals surface area contributed by atoms with Crippen molar-refractivity contribution in [1.29, 1.82) is 5.41 Å². The molecular formula is C23H33FN6. The first-order valence-corrected chi connectivity index (χ1v) is 11.3. The van der Waals surface area contributed by atoms with Crippen LogP contribution in [0.3, 0.4) is 0 Å². The Morgan fingerprint density at radius 1 is 0.967 bits per heavy atom. The van der Waals surface area contributed by atoms with Gasteiger partial charge in [-0.3, -0.25) is 10.3 Å². The summed E-state index contributed by atoms with van der Waals surface area (Å²) in [5.41, 5.74) is 1.87. The fourth-order valence-corrected chi connectivity index (χ4v) is 5.28. The highest BCUT2D eigenvalue weighted by Crippen LogP contribution is 2.67. The third kappa shape index (κ3) is 3.64. The fourth-order valence-electron chi connectivity index (χ4n) is 5.28. The maximum Gasteiger partial charge on any atom is 0.204 e. The lowest BCUT2D eigenvalue weighted by Gasteiger charge is -2.39. The Bertz CT molecular complexity index is 804. The number of amidine groups is 1. The highest BCUT2D eigenvalue weighted by molar-refractivity contribution is 5.94. The van der Waals surface area contributed by atoms with E-state index in [1.807, 2.05) is 23.1 Å². The van der Waals surface area contributed by atoms with Crippen molar-refractivity contribution >= 4 is 11.5 Å². The topological polar surface area (TPSA) is 48.8 Å². The lowest BCUT2D eigenvalue weighted by Crippen LogP contribution is -2.51. The second-order valence-electron chi connectivity index (χ2n) is 9.18. The van der Waals surface area contributed by atoms with E-state index in [1.165, 1.54) is 24.9 Å². The standard InChI is InChI=1S/C23H33FN6/c1-26-22(30-15-11-28(12-16-30)19-17-23(19)7-8-23)20(24)21(25)29-13-9-27(10-14-29)18-5-3-2-4-6-18/h2-6,19,25-26H,7-17H2,1H3/b22-20-,25-21?. The van der Waals surface area contributed by atoms with Gasteiger partial charge < -0.3 is 20.0 Å². The number of benzene rings is 1. The van der Waals surface area contributed by atoms with Gasteiger partial charge in [0, 0.05) is 71.1 Å². The molecule has 0 radical (unpaired) electrons. The van der Waals surface area contributed by atoms with E-state index in [1.54, 1.807) is 7.05 Å². The summed E-state index contributed by atoms with van der Waals surface area (Å²) < 4.78 is 15.3. The average Bonchev–Trinajstić information content (AvgIpc) is 3.74. The second-order valence-corrected chi connectivity index (χ2v) is 9.18. The van der Waals surface area contributed by atoms with Crippen LogP contribution in [0.1, 0.15) is 19.3 Å². The molecule has 2 saturated heterocycles. The smallest absolute Gasteiger partial charge is 0.204 e. The van der Waals surface area contributed by atoms with Crippen LogP contribution in [0.4, 0.5) is 10.1 Å². The van der Waals surface area contributed by atoms with Gasteiger partial charge in [-0.15, -0.1) is 0 Å². The van der Waals surface area contributed by atoms with Crippen LogP contribution < -0.4 is 10.2 Å². The van der Waals surface area contributed by atoms with Crippen molar-refractivity contribution in [2.45, 2.75) is 25.3 Å². The van der Waals surface area contributed by atoms with E-state index in [2.05, 4.69) is 32.1 Å². The van der Waals surface area contributed by atoms with E-state index in [9.17, 15) is 0 Å². The number of piperazine rings is 2. The van der Waals surface area contributed by atoms with E-state index in [0.29, 0.717) is 24.3 Å². The van der Waals surface area contributed by atoms with Crippen LogP contribution in [0.2, 0.25) is 0 Å². The van der Waals surface area contributed by atoms with Crippen LogP contribution in [0.15, 0.2) is 42.0 Å². The average molecular weight is 413 g/mol. The summed E-state index contributed by atoms with van der Waals surface area (Å²) in [4.78, 5) is 8.85. The molecule has 0 amide bonds. The van der Waals surface area contributed by atoms with E-state index in [-0.39, 0.29) is 5.84 Å². The maximum atomic E-state index is 15.3. The molecule has 2 saturated carbocycles. The van der Waals surface area contributed by atoms with Gasteiger partial charge in [-0.2, -0.15) is 4.39 Å². The summed E-state index contributed by atoms with van der Waals surface area (Å²) in [6, 6.07) is 11.1. The molecule has 1 spiro atoms. The van der Waals surface area contributed by atoms with Gasteiger partial charge in [-0.05, 0) is 36.8 Å². The monoisotopic (exact) mass is 412 g/mol. The molecule has 7 heteroatoms. The van der Waals surface area contributed by atoms with Crippen LogP contribution >= 0.6 is 0 Å². The zero-order valence-corrected chi connectivity index (χ0v) is 17.9. The van der Waals surface area contributed by atoms with Gasteiger partial charge in [0.1, 0.15) is 5.82 Å². The minimum absolute atomic E-state index is 0.00798. The fraction of sp³-hybridized carbons (Fsp3) is 0.609. The maximum absolute atomic E-state index is 15.3. The van der Waals surface area contributed by atoms with Crippen molar-refractivity contribution in [2.75, 3.05) is 64.3 Å². The van der Waals surface area contributed by atoms with Crippen molar-refractivity contribution in [1.82, 2.24) is 20.0 Å². The number of para-hydroxylation sites is 1. The van der Waals surface area contributed by atoms with E-state index in [0.717, 1.165) is 45.3 Å². The van der Waals surface area contributed by atoms with E-state index in [4.69, 9.17) is 5.41 Å². The molecule has 0 bridgehead atoms. The molecule has 2 aliphatic heterocycles. The van der Waals surface area contributed by atoms with Crippen molar-refractivity contribution < 1.29 is 4.39 Å². The summed E-state index contributed by atoms with van der Waals surface area (Å²) in [6.45, 7) is 6.57. The van der Waals surface area contributed by atoms with Gasteiger partial charge in [0.15, 0.2) is 5.84 Å². The summed E-state index contributed by atoms with van der Waals surface area (Å²) in [6.07, 6.45) is 4.18. The first kappa shape index (κ1) is 19.7. The number of rotatable bonds is 5. The van der Waals surface area contributed by atoms with E-state index < -0.39 is 5.83 Å². The highest BCUT2D eigenvalue weighted by Gasteiger charge is 2.64. The van der Waals surface area contributed by atoms with Crippen molar-refractivity contribution in [3.8, 4) is 0 Å². The first-order chi connectivity index (χ1) is 14.6. The summed E-state index contributed by atoms with van der Waals surface area (Å²) in [7, 11) is 1.77. The highest BCUT2D eigenvalue weighted by atomic mass is 19.1. The van der Waals surface area contributed by atoms with Gasteiger partial charge in [0.2, 0.25) is 5.83 Å². The van der Waals surface area contributed by atoms with Gasteiger partial charge in [0.05, 0.1) is 0 Å². The minimum atomic E-state index is -0.427. The molecule has 1 atom stereocenters. The number of anilines is 1.